The summed E-state index contributed by atoms with van der Waals surface area (Å²) in [6, 6.07) is 11.1. The normalized spacial score (nSPS) is 11.4. The van der Waals surface area contributed by atoms with E-state index in [2.05, 4.69) is 33.2 Å². The molecule has 0 spiro atoms. The molecule has 2 aromatic carbocycles. The van der Waals surface area contributed by atoms with Crippen molar-refractivity contribution in [2.24, 2.45) is 0 Å². The number of sulfonamides is 1. The number of hydrogen-bond donors (Lipinski definition) is 3. The first-order valence-electron chi connectivity index (χ1n) is 11.4. The third-order valence-corrected chi connectivity index (χ3v) is 9.81. The molecule has 0 atom stereocenters. The fourth-order valence-electron chi connectivity index (χ4n) is 3.67. The fourth-order valence-corrected chi connectivity index (χ4v) is 6.51. The van der Waals surface area contributed by atoms with Crippen molar-refractivity contribution in [2.45, 2.75) is 8.64 Å². The second-order valence-electron chi connectivity index (χ2n) is 8.10. The SMILES string of the molecule is CNc1cc2ccn(-c3ccc(NC(=O)NS(=O)(=O)c4ccc(CI)s4)c(OCCOC)c3)c(=O)c2cc1F. The van der Waals surface area contributed by atoms with E-state index in [0.29, 0.717) is 15.5 Å². The molecule has 0 aliphatic rings. The highest BCUT2D eigenvalue weighted by Crippen LogP contribution is 2.29. The Kier molecular flexibility index (Phi) is 9.09. The van der Waals surface area contributed by atoms with Crippen molar-refractivity contribution in [2.75, 3.05) is 38.0 Å². The number of pyridine rings is 1. The van der Waals surface area contributed by atoms with Gasteiger partial charge >= 0.3 is 6.03 Å². The Morgan fingerprint density at radius 2 is 1.90 bits per heavy atom. The second-order valence-corrected chi connectivity index (χ2v) is 11.9. The number of anilines is 2. The largest absolute Gasteiger partial charge is 0.489 e. The molecule has 4 rings (SSSR count). The van der Waals surface area contributed by atoms with Crippen LogP contribution in [0, 0.1) is 5.82 Å². The summed E-state index contributed by atoms with van der Waals surface area (Å²) in [5.41, 5.74) is 0.369. The van der Waals surface area contributed by atoms with E-state index in [4.69, 9.17) is 9.47 Å². The van der Waals surface area contributed by atoms with E-state index < -0.39 is 27.4 Å². The highest BCUT2D eigenvalue weighted by Gasteiger charge is 2.21. The summed E-state index contributed by atoms with van der Waals surface area (Å²) in [4.78, 5) is 26.7. The van der Waals surface area contributed by atoms with Gasteiger partial charge in [-0.05, 0) is 47.9 Å². The molecular formula is C25H24FIN4O6S2. The Balaban J connectivity index is 1.64. The van der Waals surface area contributed by atoms with E-state index in [-0.39, 0.29) is 39.9 Å². The molecule has 0 fully saturated rings. The van der Waals surface area contributed by atoms with Crippen LogP contribution in [0.5, 0.6) is 5.75 Å². The van der Waals surface area contributed by atoms with Crippen LogP contribution in [0.25, 0.3) is 16.5 Å². The van der Waals surface area contributed by atoms with Crippen LogP contribution in [0.15, 0.2) is 63.7 Å². The van der Waals surface area contributed by atoms with Crippen molar-refractivity contribution >= 4 is 72.1 Å². The molecule has 39 heavy (non-hydrogen) atoms. The molecule has 2 aromatic heterocycles. The number of benzene rings is 2. The average molecular weight is 687 g/mol. The fraction of sp³-hybridized carbons (Fsp3) is 0.200. The van der Waals surface area contributed by atoms with E-state index in [9.17, 15) is 22.4 Å². The lowest BCUT2D eigenvalue weighted by Gasteiger charge is -2.16. The minimum absolute atomic E-state index is 0.0187. The lowest BCUT2D eigenvalue weighted by Crippen LogP contribution is -2.34. The van der Waals surface area contributed by atoms with Gasteiger partial charge in [-0.2, -0.15) is 0 Å². The number of carbonyl (C=O) groups excluding carboxylic acids is 1. The summed E-state index contributed by atoms with van der Waals surface area (Å²) >= 11 is 3.20. The zero-order valence-corrected chi connectivity index (χ0v) is 24.6. The Labute approximate surface area is 241 Å². The Bertz CT molecular complexity index is 1690. The van der Waals surface area contributed by atoms with Crippen molar-refractivity contribution in [1.82, 2.24) is 9.29 Å². The summed E-state index contributed by atoms with van der Waals surface area (Å²) in [6.07, 6.45) is 1.55. The number of aromatic nitrogens is 1. The molecule has 0 saturated heterocycles. The minimum Gasteiger partial charge on any atom is -0.489 e. The van der Waals surface area contributed by atoms with Crippen LogP contribution in [0.2, 0.25) is 0 Å². The van der Waals surface area contributed by atoms with Crippen LogP contribution < -0.4 is 25.7 Å². The van der Waals surface area contributed by atoms with Gasteiger partial charge in [0.2, 0.25) is 0 Å². The van der Waals surface area contributed by atoms with E-state index >= 15 is 0 Å². The van der Waals surface area contributed by atoms with Gasteiger partial charge in [0, 0.05) is 35.7 Å². The zero-order chi connectivity index (χ0) is 28.2. The number of thiophene rings is 1. The first kappa shape index (κ1) is 28.8. The zero-order valence-electron chi connectivity index (χ0n) is 20.8. The van der Waals surface area contributed by atoms with E-state index in [1.165, 1.54) is 35.9 Å². The average Bonchev–Trinajstić information content (AvgIpc) is 3.40. The molecule has 2 amide bonds. The number of fused-ring (bicyclic) bond motifs is 1. The molecule has 0 bridgehead atoms. The molecule has 14 heteroatoms. The van der Waals surface area contributed by atoms with E-state index in [0.717, 1.165) is 16.2 Å². The second kappa shape index (κ2) is 12.3. The standard InChI is InChI=1S/C25H24FIN4O6S2/c1-28-21-11-15-7-8-31(24(32)18(15)13-19(21)26)16-3-5-20(22(12-16)37-10-9-36-2)29-25(33)30-39(34,35)23-6-4-17(14-27)38-23/h3-8,11-13,28H,9-10,14H2,1-2H3,(H2,29,30,33). The number of amides is 2. The molecule has 4 aromatic rings. The molecule has 0 aliphatic heterocycles. The highest BCUT2D eigenvalue weighted by atomic mass is 127. The molecule has 2 heterocycles. The third kappa shape index (κ3) is 6.51. The predicted octanol–water partition coefficient (Wildman–Crippen LogP) is 4.70. The van der Waals surface area contributed by atoms with Crippen molar-refractivity contribution in [3.8, 4) is 11.4 Å². The van der Waals surface area contributed by atoms with Crippen LogP contribution in [0.3, 0.4) is 0 Å². The number of halogens is 2. The van der Waals surface area contributed by atoms with Crippen LogP contribution in [-0.4, -0.2) is 46.4 Å². The Morgan fingerprint density at radius 1 is 1.10 bits per heavy atom. The molecule has 0 unspecified atom stereocenters. The maximum atomic E-state index is 14.4. The molecule has 0 aliphatic carbocycles. The Morgan fingerprint density at radius 3 is 2.59 bits per heavy atom. The van der Waals surface area contributed by atoms with Gasteiger partial charge in [-0.15, -0.1) is 11.3 Å². The smallest absolute Gasteiger partial charge is 0.333 e. The molecule has 0 radical (unpaired) electrons. The number of nitrogens with zero attached hydrogens (tertiary/aromatic N) is 1. The van der Waals surface area contributed by atoms with Gasteiger partial charge in [0.1, 0.15) is 22.4 Å². The highest BCUT2D eigenvalue weighted by molar-refractivity contribution is 14.1. The summed E-state index contributed by atoms with van der Waals surface area (Å²) in [5, 5.41) is 5.98. The first-order chi connectivity index (χ1) is 18.7. The number of urea groups is 1. The molecule has 206 valence electrons. The predicted molar refractivity (Wildman–Crippen MR) is 158 cm³/mol. The maximum absolute atomic E-state index is 14.4. The summed E-state index contributed by atoms with van der Waals surface area (Å²) in [6.45, 7) is 0.359. The van der Waals surface area contributed by atoms with Crippen molar-refractivity contribution in [3.05, 3.63) is 75.8 Å². The quantitative estimate of drug-likeness (QED) is 0.125. The number of ether oxygens (including phenoxy) is 2. The number of hydrogen-bond acceptors (Lipinski definition) is 8. The lowest BCUT2D eigenvalue weighted by molar-refractivity contribution is 0.146. The van der Waals surface area contributed by atoms with Crippen molar-refractivity contribution in [3.63, 3.8) is 0 Å². The number of rotatable bonds is 10. The minimum atomic E-state index is -4.08. The summed E-state index contributed by atoms with van der Waals surface area (Å²) in [7, 11) is -0.989. The van der Waals surface area contributed by atoms with Gasteiger partial charge in [0.05, 0.1) is 29.1 Å². The molecule has 10 nitrogen and oxygen atoms in total. The topological polar surface area (TPSA) is 128 Å². The van der Waals surface area contributed by atoms with Gasteiger partial charge < -0.3 is 20.1 Å². The van der Waals surface area contributed by atoms with E-state index in [1.54, 1.807) is 37.5 Å². The van der Waals surface area contributed by atoms with Gasteiger partial charge in [-0.1, -0.05) is 22.6 Å². The van der Waals surface area contributed by atoms with E-state index in [1.807, 2.05) is 4.72 Å². The van der Waals surface area contributed by atoms with Gasteiger partial charge in [0.15, 0.2) is 0 Å². The first-order valence-corrected chi connectivity index (χ1v) is 15.3. The van der Waals surface area contributed by atoms with Gasteiger partial charge in [0.25, 0.3) is 15.6 Å². The number of carbonyl (C=O) groups is 1. The lowest BCUT2D eigenvalue weighted by atomic mass is 10.1. The monoisotopic (exact) mass is 686 g/mol. The third-order valence-electron chi connectivity index (χ3n) is 5.56. The summed E-state index contributed by atoms with van der Waals surface area (Å²) in [5.74, 6) is -0.388. The van der Waals surface area contributed by atoms with Crippen LogP contribution in [0.4, 0.5) is 20.6 Å². The van der Waals surface area contributed by atoms with Crippen LogP contribution in [-0.2, 0) is 19.2 Å². The number of nitrogens with one attached hydrogen (secondary N) is 3. The maximum Gasteiger partial charge on any atom is 0.333 e. The molecule has 0 saturated carbocycles. The van der Waals surface area contributed by atoms with Gasteiger partial charge in [-0.3, -0.25) is 9.36 Å². The van der Waals surface area contributed by atoms with Gasteiger partial charge in [-0.25, -0.2) is 22.3 Å². The van der Waals surface area contributed by atoms with Crippen molar-refractivity contribution in [1.29, 1.82) is 0 Å². The molecule has 3 N–H and O–H groups in total. The summed E-state index contributed by atoms with van der Waals surface area (Å²) < 4.78 is 54.4. The van der Waals surface area contributed by atoms with Crippen LogP contribution >= 0.6 is 33.9 Å². The Hall–Kier alpha value is -3.21. The van der Waals surface area contributed by atoms with Crippen molar-refractivity contribution < 1.29 is 27.1 Å². The van der Waals surface area contributed by atoms with Crippen LogP contribution in [0.1, 0.15) is 4.88 Å². The molecular weight excluding hydrogens is 662 g/mol. The number of methoxy groups -OCH3 is 1. The number of alkyl halides is 1.